The Morgan fingerprint density at radius 2 is 1.87 bits per heavy atom. The van der Waals surface area contributed by atoms with Gasteiger partial charge >= 0.3 is 0 Å². The minimum absolute atomic E-state index is 0.123. The molecule has 2 heterocycles. The maximum atomic E-state index is 13.3. The number of hydrogen-bond donors (Lipinski definition) is 3. The maximum Gasteiger partial charge on any atom is 0.252 e. The van der Waals surface area contributed by atoms with E-state index in [1.807, 2.05) is 0 Å². The summed E-state index contributed by atoms with van der Waals surface area (Å²) in [7, 11) is 0. The second-order valence-corrected chi connectivity index (χ2v) is 8.07. The molecular formula is C24H22FN3O3. The molecule has 1 fully saturated rings. The Morgan fingerprint density at radius 1 is 1.13 bits per heavy atom. The summed E-state index contributed by atoms with van der Waals surface area (Å²) >= 11 is 0. The molecule has 0 bridgehead atoms. The Hall–Kier alpha value is -3.61. The molecule has 1 aliphatic carbocycles. The second-order valence-electron chi connectivity index (χ2n) is 8.07. The molecular weight excluding hydrogens is 397 g/mol. The number of phenolic OH excluding ortho intramolecular Hbond substituents is 1. The smallest absolute Gasteiger partial charge is 0.252 e. The second kappa shape index (κ2) is 7.58. The number of phenols is 1. The first-order valence-corrected chi connectivity index (χ1v) is 10.4. The number of fused-ring (bicyclic) bond motifs is 2. The van der Waals surface area contributed by atoms with Crippen LogP contribution in [-0.4, -0.2) is 31.7 Å². The summed E-state index contributed by atoms with van der Waals surface area (Å²) in [5, 5.41) is 26.1. The molecule has 0 saturated heterocycles. The van der Waals surface area contributed by atoms with Crippen LogP contribution in [0.5, 0.6) is 11.6 Å². The van der Waals surface area contributed by atoms with Crippen molar-refractivity contribution < 1.29 is 19.4 Å². The van der Waals surface area contributed by atoms with E-state index in [1.54, 1.807) is 41.2 Å². The number of halogens is 1. The van der Waals surface area contributed by atoms with Gasteiger partial charge in [-0.05, 0) is 36.6 Å². The molecule has 0 unspecified atom stereocenters. The first-order chi connectivity index (χ1) is 15.0. The summed E-state index contributed by atoms with van der Waals surface area (Å²) in [5.41, 5.74) is 1.42. The molecule has 31 heavy (non-hydrogen) atoms. The number of amides is 1. The number of rotatable bonds is 4. The third-order valence-corrected chi connectivity index (χ3v) is 6.04. The van der Waals surface area contributed by atoms with Gasteiger partial charge in [0.1, 0.15) is 11.3 Å². The van der Waals surface area contributed by atoms with Crippen molar-refractivity contribution >= 4 is 27.6 Å². The zero-order valence-corrected chi connectivity index (χ0v) is 16.8. The number of aromatic hydroxyl groups is 2. The zero-order valence-electron chi connectivity index (χ0n) is 16.8. The first-order valence-electron chi connectivity index (χ1n) is 10.4. The lowest BCUT2D eigenvalue weighted by Crippen LogP contribution is -2.32. The van der Waals surface area contributed by atoms with Crippen molar-refractivity contribution in [2.45, 2.75) is 38.3 Å². The predicted molar refractivity (Wildman–Crippen MR) is 116 cm³/mol. The molecule has 7 heteroatoms. The molecule has 0 aliphatic heterocycles. The number of nitrogens with zero attached hydrogens (tertiary/aromatic N) is 2. The van der Waals surface area contributed by atoms with E-state index in [2.05, 4.69) is 10.3 Å². The summed E-state index contributed by atoms with van der Waals surface area (Å²) in [6, 6.07) is 9.56. The lowest BCUT2D eigenvalue weighted by Gasteiger charge is -2.14. The van der Waals surface area contributed by atoms with E-state index in [-0.39, 0.29) is 46.8 Å². The van der Waals surface area contributed by atoms with Crippen LogP contribution >= 0.6 is 0 Å². The van der Waals surface area contributed by atoms with E-state index in [9.17, 15) is 19.4 Å². The van der Waals surface area contributed by atoms with Crippen LogP contribution in [0.1, 0.15) is 41.6 Å². The fourth-order valence-electron chi connectivity index (χ4n) is 4.51. The molecule has 0 spiro atoms. The third-order valence-electron chi connectivity index (χ3n) is 6.04. The number of carbonyl (C=O) groups is 1. The van der Waals surface area contributed by atoms with Crippen molar-refractivity contribution in [1.29, 1.82) is 0 Å². The monoisotopic (exact) mass is 419 g/mol. The average molecular weight is 419 g/mol. The Balaban J connectivity index is 1.68. The SMILES string of the molecule is O=C(NC1CCCC1)c1c2cccnc2c(O)c2c(O)n(Cc3ccc(F)cc3)cc12. The van der Waals surface area contributed by atoms with Crippen LogP contribution in [0.2, 0.25) is 0 Å². The third kappa shape index (κ3) is 3.36. The van der Waals surface area contributed by atoms with E-state index >= 15 is 0 Å². The largest absolute Gasteiger partial charge is 0.505 e. The van der Waals surface area contributed by atoms with E-state index in [0.29, 0.717) is 16.3 Å². The van der Waals surface area contributed by atoms with Crippen LogP contribution in [0.15, 0.2) is 48.8 Å². The normalized spacial score (nSPS) is 14.5. The number of carbonyl (C=O) groups excluding carboxylic acids is 1. The number of benzene rings is 2. The van der Waals surface area contributed by atoms with Crippen molar-refractivity contribution in [3.8, 4) is 11.6 Å². The van der Waals surface area contributed by atoms with Gasteiger partial charge in [0.25, 0.3) is 5.91 Å². The lowest BCUT2D eigenvalue weighted by atomic mass is 10.00. The van der Waals surface area contributed by atoms with Gasteiger partial charge in [-0.2, -0.15) is 0 Å². The van der Waals surface area contributed by atoms with Crippen molar-refractivity contribution in [2.75, 3.05) is 0 Å². The van der Waals surface area contributed by atoms with Crippen LogP contribution in [0, 0.1) is 5.82 Å². The van der Waals surface area contributed by atoms with E-state index in [1.165, 1.54) is 12.1 Å². The lowest BCUT2D eigenvalue weighted by molar-refractivity contribution is 0.0941. The Labute approximate surface area is 178 Å². The van der Waals surface area contributed by atoms with Crippen LogP contribution in [0.3, 0.4) is 0 Å². The van der Waals surface area contributed by atoms with Crippen LogP contribution in [0.4, 0.5) is 4.39 Å². The van der Waals surface area contributed by atoms with Gasteiger partial charge < -0.3 is 20.1 Å². The molecule has 158 valence electrons. The number of nitrogens with one attached hydrogen (secondary N) is 1. The van der Waals surface area contributed by atoms with Gasteiger partial charge in [0.2, 0.25) is 5.88 Å². The highest BCUT2D eigenvalue weighted by atomic mass is 19.1. The molecule has 0 radical (unpaired) electrons. The first kappa shape index (κ1) is 19.4. The number of pyridine rings is 1. The van der Waals surface area contributed by atoms with Crippen molar-refractivity contribution in [3.63, 3.8) is 0 Å². The van der Waals surface area contributed by atoms with Crippen LogP contribution in [0.25, 0.3) is 21.7 Å². The molecule has 1 aliphatic rings. The van der Waals surface area contributed by atoms with Crippen molar-refractivity contribution in [1.82, 2.24) is 14.9 Å². The minimum atomic E-state index is -0.341. The molecule has 0 atom stereocenters. The number of hydrogen-bond acceptors (Lipinski definition) is 4. The fourth-order valence-corrected chi connectivity index (χ4v) is 4.51. The van der Waals surface area contributed by atoms with Gasteiger partial charge in [-0.1, -0.05) is 31.0 Å². The summed E-state index contributed by atoms with van der Waals surface area (Å²) in [6.45, 7) is 0.258. The summed E-state index contributed by atoms with van der Waals surface area (Å²) in [6.07, 6.45) is 7.27. The maximum absolute atomic E-state index is 13.3. The highest BCUT2D eigenvalue weighted by molar-refractivity contribution is 6.21. The molecule has 4 aromatic rings. The highest BCUT2D eigenvalue weighted by Crippen LogP contribution is 2.42. The predicted octanol–water partition coefficient (Wildman–Crippen LogP) is 4.46. The van der Waals surface area contributed by atoms with Gasteiger partial charge in [0.15, 0.2) is 5.75 Å². The molecule has 1 saturated carbocycles. The summed E-state index contributed by atoms with van der Waals surface area (Å²) in [4.78, 5) is 17.6. The summed E-state index contributed by atoms with van der Waals surface area (Å²) < 4.78 is 14.8. The van der Waals surface area contributed by atoms with Crippen LogP contribution < -0.4 is 5.32 Å². The Kier molecular flexibility index (Phi) is 4.73. The highest BCUT2D eigenvalue weighted by Gasteiger charge is 2.26. The van der Waals surface area contributed by atoms with Gasteiger partial charge in [-0.15, -0.1) is 0 Å². The molecule has 1 amide bonds. The van der Waals surface area contributed by atoms with Gasteiger partial charge in [0.05, 0.1) is 17.5 Å². The average Bonchev–Trinajstić information content (AvgIpc) is 3.38. The van der Waals surface area contributed by atoms with E-state index < -0.39 is 0 Å². The molecule has 5 rings (SSSR count). The van der Waals surface area contributed by atoms with E-state index in [4.69, 9.17) is 0 Å². The molecule has 2 aromatic carbocycles. The van der Waals surface area contributed by atoms with Gasteiger partial charge in [0, 0.05) is 29.2 Å². The molecule has 6 nitrogen and oxygen atoms in total. The zero-order chi connectivity index (χ0) is 21.5. The quantitative estimate of drug-likeness (QED) is 0.456. The van der Waals surface area contributed by atoms with E-state index in [0.717, 1.165) is 31.2 Å². The fraction of sp³-hybridized carbons (Fsp3) is 0.250. The Bertz CT molecular complexity index is 1290. The van der Waals surface area contributed by atoms with Crippen molar-refractivity contribution in [2.24, 2.45) is 0 Å². The van der Waals surface area contributed by atoms with Gasteiger partial charge in [-0.25, -0.2) is 4.39 Å². The standard InChI is InChI=1S/C24H22FN3O3/c25-15-9-7-14(8-10-15)12-28-13-18-19(23(30)27-16-4-1-2-5-16)17-6-3-11-26-21(17)22(29)20(18)24(28)31/h3,6-11,13,16,29,31H,1-2,4-5,12H2,(H,27,30). The topological polar surface area (TPSA) is 87.4 Å². The molecule has 3 N–H and O–H groups in total. The van der Waals surface area contributed by atoms with Gasteiger partial charge in [-0.3, -0.25) is 9.78 Å². The van der Waals surface area contributed by atoms with Crippen LogP contribution in [-0.2, 0) is 6.54 Å². The number of aromatic nitrogens is 2. The van der Waals surface area contributed by atoms with Crippen molar-refractivity contribution in [3.05, 3.63) is 65.7 Å². The minimum Gasteiger partial charge on any atom is -0.505 e. The molecule has 2 aromatic heterocycles. The summed E-state index contributed by atoms with van der Waals surface area (Å²) in [5.74, 6) is -0.919. The Morgan fingerprint density at radius 3 is 2.61 bits per heavy atom.